The molecule has 1 N–H and O–H groups in total. The molecule has 3 fully saturated rings. The van der Waals surface area contributed by atoms with Crippen LogP contribution in [0.5, 0.6) is 0 Å². The van der Waals surface area contributed by atoms with Crippen molar-refractivity contribution in [3.05, 3.63) is 0 Å². The Morgan fingerprint density at radius 1 is 1.12 bits per heavy atom. The molecule has 1 aliphatic carbocycles. The second-order valence-corrected chi connectivity index (χ2v) is 9.82. The predicted octanol–water partition coefficient (Wildman–Crippen LogP) is 0.157. The van der Waals surface area contributed by atoms with Crippen molar-refractivity contribution in [3.8, 4) is 0 Å². The summed E-state index contributed by atoms with van der Waals surface area (Å²) < 4.78 is 24.7. The summed E-state index contributed by atoms with van der Waals surface area (Å²) >= 11 is 0. The Morgan fingerprint density at radius 3 is 2.60 bits per heavy atom. The highest BCUT2D eigenvalue weighted by atomic mass is 32.2. The van der Waals surface area contributed by atoms with Gasteiger partial charge in [-0.1, -0.05) is 12.8 Å². The standard InChI is InChI=1S/C17H29N3O4S/c21-16(7-11-25(23,24)15-5-1-2-6-15)19-9-3-4-14(13-19)20-10-8-18-12-17(20)22/h14-15,18H,1-13H2. The molecule has 7 nitrogen and oxygen atoms in total. The summed E-state index contributed by atoms with van der Waals surface area (Å²) in [5, 5.41) is 2.82. The molecule has 0 radical (unpaired) electrons. The number of likely N-dealkylation sites (tertiary alicyclic amines) is 1. The minimum absolute atomic E-state index is 0.0375. The number of rotatable bonds is 5. The maximum atomic E-state index is 12.5. The smallest absolute Gasteiger partial charge is 0.236 e. The monoisotopic (exact) mass is 371 g/mol. The Balaban J connectivity index is 1.52. The molecule has 2 amide bonds. The number of carbonyl (C=O) groups excluding carboxylic acids is 2. The van der Waals surface area contributed by atoms with Crippen LogP contribution < -0.4 is 5.32 Å². The lowest BCUT2D eigenvalue weighted by Crippen LogP contribution is -2.57. The van der Waals surface area contributed by atoms with Gasteiger partial charge in [-0.25, -0.2) is 8.42 Å². The van der Waals surface area contributed by atoms with Crippen molar-refractivity contribution in [1.29, 1.82) is 0 Å². The van der Waals surface area contributed by atoms with E-state index in [1.54, 1.807) is 4.90 Å². The number of piperidine rings is 1. The average molecular weight is 372 g/mol. The summed E-state index contributed by atoms with van der Waals surface area (Å²) in [5.41, 5.74) is 0. The maximum absolute atomic E-state index is 12.5. The zero-order valence-electron chi connectivity index (χ0n) is 14.8. The molecule has 3 aliphatic rings. The molecule has 1 saturated carbocycles. The third-order valence-electron chi connectivity index (χ3n) is 5.73. The van der Waals surface area contributed by atoms with Gasteiger partial charge in [-0.2, -0.15) is 0 Å². The van der Waals surface area contributed by atoms with E-state index >= 15 is 0 Å². The molecule has 142 valence electrons. The van der Waals surface area contributed by atoms with Gasteiger partial charge in [-0.15, -0.1) is 0 Å². The molecule has 2 aliphatic heterocycles. The Labute approximate surface area is 150 Å². The fourth-order valence-corrected chi connectivity index (χ4v) is 6.09. The van der Waals surface area contributed by atoms with E-state index in [4.69, 9.17) is 0 Å². The molecule has 1 atom stereocenters. The van der Waals surface area contributed by atoms with Gasteiger partial charge >= 0.3 is 0 Å². The van der Waals surface area contributed by atoms with Gasteiger partial charge in [0.15, 0.2) is 9.84 Å². The van der Waals surface area contributed by atoms with Crippen LogP contribution in [0.25, 0.3) is 0 Å². The Bertz CT molecular complexity index is 601. The van der Waals surface area contributed by atoms with Gasteiger partial charge in [0.25, 0.3) is 0 Å². The minimum Gasteiger partial charge on any atom is -0.341 e. The largest absolute Gasteiger partial charge is 0.341 e. The first-order valence-corrected chi connectivity index (χ1v) is 11.2. The lowest BCUT2D eigenvalue weighted by Gasteiger charge is -2.41. The van der Waals surface area contributed by atoms with Crippen LogP contribution in [0.2, 0.25) is 0 Å². The second kappa shape index (κ2) is 8.03. The summed E-state index contributed by atoms with van der Waals surface area (Å²) in [6.07, 6.45) is 5.29. The first-order chi connectivity index (χ1) is 12.0. The molecule has 0 aromatic rings. The fraction of sp³-hybridized carbons (Fsp3) is 0.882. The number of carbonyl (C=O) groups is 2. The highest BCUT2D eigenvalue weighted by Crippen LogP contribution is 2.26. The van der Waals surface area contributed by atoms with Crippen LogP contribution in [0.3, 0.4) is 0 Å². The Kier molecular flexibility index (Phi) is 5.99. The summed E-state index contributed by atoms with van der Waals surface area (Å²) in [5.74, 6) is -0.0345. The molecule has 0 spiro atoms. The van der Waals surface area contributed by atoms with Crippen molar-refractivity contribution in [1.82, 2.24) is 15.1 Å². The van der Waals surface area contributed by atoms with Crippen molar-refractivity contribution in [3.63, 3.8) is 0 Å². The van der Waals surface area contributed by atoms with Crippen molar-refractivity contribution in [2.24, 2.45) is 0 Å². The highest BCUT2D eigenvalue weighted by Gasteiger charge is 2.33. The summed E-state index contributed by atoms with van der Waals surface area (Å²) in [6, 6.07) is 0.0683. The Morgan fingerprint density at radius 2 is 1.88 bits per heavy atom. The lowest BCUT2D eigenvalue weighted by atomic mass is 10.0. The topological polar surface area (TPSA) is 86.8 Å². The highest BCUT2D eigenvalue weighted by molar-refractivity contribution is 7.92. The molecular weight excluding hydrogens is 342 g/mol. The van der Waals surface area contributed by atoms with Crippen LogP contribution >= 0.6 is 0 Å². The molecule has 2 heterocycles. The van der Waals surface area contributed by atoms with Crippen LogP contribution in [0.1, 0.15) is 44.9 Å². The SMILES string of the molecule is O=C(CCS(=O)(=O)C1CCCC1)N1CCCC(N2CCNCC2=O)C1. The summed E-state index contributed by atoms with van der Waals surface area (Å²) in [4.78, 5) is 28.2. The van der Waals surface area contributed by atoms with Crippen LogP contribution in [0.15, 0.2) is 0 Å². The molecule has 0 bridgehead atoms. The number of nitrogens with zero attached hydrogens (tertiary/aromatic N) is 2. The zero-order chi connectivity index (χ0) is 17.9. The van der Waals surface area contributed by atoms with Crippen molar-refractivity contribution < 1.29 is 18.0 Å². The van der Waals surface area contributed by atoms with Crippen LogP contribution in [-0.2, 0) is 19.4 Å². The van der Waals surface area contributed by atoms with Gasteiger partial charge in [0.1, 0.15) is 0 Å². The maximum Gasteiger partial charge on any atom is 0.236 e. The van der Waals surface area contributed by atoms with E-state index in [2.05, 4.69) is 5.32 Å². The fourth-order valence-electron chi connectivity index (χ4n) is 4.24. The molecular formula is C17H29N3O4S. The number of piperazine rings is 1. The van der Waals surface area contributed by atoms with Gasteiger partial charge in [-0.3, -0.25) is 9.59 Å². The van der Waals surface area contributed by atoms with Crippen LogP contribution in [0.4, 0.5) is 0 Å². The number of hydrogen-bond acceptors (Lipinski definition) is 5. The van der Waals surface area contributed by atoms with Crippen LogP contribution in [-0.4, -0.2) is 79.8 Å². The van der Waals surface area contributed by atoms with Gasteiger partial charge in [0.2, 0.25) is 11.8 Å². The van der Waals surface area contributed by atoms with Gasteiger partial charge in [0.05, 0.1) is 17.5 Å². The van der Waals surface area contributed by atoms with Crippen molar-refractivity contribution in [2.45, 2.75) is 56.2 Å². The normalized spacial score (nSPS) is 26.2. The van der Waals surface area contributed by atoms with Crippen LogP contribution in [0, 0.1) is 0 Å². The van der Waals surface area contributed by atoms with E-state index in [0.717, 1.165) is 45.1 Å². The third-order valence-corrected chi connectivity index (χ3v) is 7.99. The van der Waals surface area contributed by atoms with Gasteiger partial charge < -0.3 is 15.1 Å². The molecule has 25 heavy (non-hydrogen) atoms. The van der Waals surface area contributed by atoms with Gasteiger partial charge in [-0.05, 0) is 25.7 Å². The number of nitrogens with one attached hydrogen (secondary N) is 1. The quantitative estimate of drug-likeness (QED) is 0.744. The predicted molar refractivity (Wildman–Crippen MR) is 94.8 cm³/mol. The summed E-state index contributed by atoms with van der Waals surface area (Å²) in [7, 11) is -3.16. The summed E-state index contributed by atoms with van der Waals surface area (Å²) in [6.45, 7) is 3.04. The van der Waals surface area contributed by atoms with E-state index < -0.39 is 9.84 Å². The molecule has 0 aromatic carbocycles. The molecule has 8 heteroatoms. The van der Waals surface area contributed by atoms with Gasteiger partial charge in [0, 0.05) is 38.6 Å². The lowest BCUT2D eigenvalue weighted by molar-refractivity contribution is -0.140. The molecule has 3 rings (SSSR count). The third kappa shape index (κ3) is 4.53. The Hall–Kier alpha value is -1.15. The second-order valence-electron chi connectivity index (χ2n) is 7.42. The zero-order valence-corrected chi connectivity index (χ0v) is 15.6. The molecule has 2 saturated heterocycles. The first-order valence-electron chi connectivity index (χ1n) is 9.47. The van der Waals surface area contributed by atoms with E-state index in [1.165, 1.54) is 0 Å². The minimum atomic E-state index is -3.16. The number of amides is 2. The average Bonchev–Trinajstić information content (AvgIpc) is 3.16. The molecule has 1 unspecified atom stereocenters. The first kappa shape index (κ1) is 18.6. The molecule has 0 aromatic heterocycles. The van der Waals surface area contributed by atoms with E-state index in [-0.39, 0.29) is 35.3 Å². The van der Waals surface area contributed by atoms with E-state index in [1.807, 2.05) is 4.90 Å². The number of sulfone groups is 1. The van der Waals surface area contributed by atoms with Crippen molar-refractivity contribution >= 4 is 21.7 Å². The van der Waals surface area contributed by atoms with E-state index in [9.17, 15) is 18.0 Å². The van der Waals surface area contributed by atoms with E-state index in [0.29, 0.717) is 26.2 Å². The van der Waals surface area contributed by atoms with Crippen molar-refractivity contribution in [2.75, 3.05) is 38.5 Å². The number of hydrogen-bond donors (Lipinski definition) is 1.